The second-order valence-electron chi connectivity index (χ2n) is 6.20. The number of hydrogen-bond donors (Lipinski definition) is 1. The van der Waals surface area contributed by atoms with E-state index in [4.69, 9.17) is 0 Å². The molecule has 1 heterocycles. The van der Waals surface area contributed by atoms with Crippen LogP contribution in [-0.2, 0) is 18.9 Å². The molecule has 0 aliphatic rings. The predicted molar refractivity (Wildman–Crippen MR) is 84.7 cm³/mol. The van der Waals surface area contributed by atoms with E-state index in [0.717, 1.165) is 21.3 Å². The highest BCUT2D eigenvalue weighted by molar-refractivity contribution is 9.10. The molecule has 0 amide bonds. The Morgan fingerprint density at radius 2 is 1.85 bits per heavy atom. The topological polar surface area (TPSA) is 38.0 Å². The largest absolute Gasteiger partial charge is 0.388 e. The molecule has 0 saturated heterocycles. The maximum atomic E-state index is 10.5. The van der Waals surface area contributed by atoms with E-state index in [-0.39, 0.29) is 5.41 Å². The van der Waals surface area contributed by atoms with Crippen LogP contribution in [0.3, 0.4) is 0 Å². The maximum absolute atomic E-state index is 10.5. The van der Waals surface area contributed by atoms with Crippen molar-refractivity contribution in [3.63, 3.8) is 0 Å². The fraction of sp³-hybridized carbons (Fsp3) is 0.438. The number of aliphatic hydroxyl groups is 1. The van der Waals surface area contributed by atoms with Crippen LogP contribution in [0.5, 0.6) is 0 Å². The number of hydrogen-bond acceptors (Lipinski definition) is 2. The highest BCUT2D eigenvalue weighted by Crippen LogP contribution is 2.30. The Balaban J connectivity index is 2.25. The lowest BCUT2D eigenvalue weighted by molar-refractivity contribution is 0.176. The summed E-state index contributed by atoms with van der Waals surface area (Å²) in [6, 6.07) is 8.05. The molecule has 1 unspecified atom stereocenters. The first-order valence-corrected chi connectivity index (χ1v) is 7.53. The Hall–Kier alpha value is -1.13. The average molecular weight is 337 g/mol. The monoisotopic (exact) mass is 336 g/mol. The van der Waals surface area contributed by atoms with Gasteiger partial charge < -0.3 is 5.11 Å². The predicted octanol–water partition coefficient (Wildman–Crippen LogP) is 3.76. The minimum Gasteiger partial charge on any atom is -0.388 e. The number of aliphatic hydroxyl groups excluding tert-OH is 1. The summed E-state index contributed by atoms with van der Waals surface area (Å²) in [7, 11) is 1.89. The molecule has 20 heavy (non-hydrogen) atoms. The van der Waals surface area contributed by atoms with Crippen LogP contribution in [0, 0.1) is 0 Å². The van der Waals surface area contributed by atoms with Gasteiger partial charge in [0.05, 0.1) is 11.8 Å². The Bertz CT molecular complexity index is 582. The van der Waals surface area contributed by atoms with Gasteiger partial charge in [-0.25, -0.2) is 0 Å². The molecule has 0 saturated carbocycles. The molecule has 1 N–H and O–H groups in total. The third-order valence-corrected chi connectivity index (χ3v) is 3.80. The van der Waals surface area contributed by atoms with Gasteiger partial charge in [-0.2, -0.15) is 5.10 Å². The Morgan fingerprint density at radius 3 is 2.40 bits per heavy atom. The molecule has 0 fully saturated rings. The summed E-state index contributed by atoms with van der Waals surface area (Å²) in [5.74, 6) is 0. The smallest absolute Gasteiger partial charge is 0.0863 e. The molecule has 0 radical (unpaired) electrons. The van der Waals surface area contributed by atoms with Crippen LogP contribution in [0.15, 0.2) is 34.9 Å². The van der Waals surface area contributed by atoms with Gasteiger partial charge in [-0.05, 0) is 17.7 Å². The molecule has 2 aromatic rings. The lowest BCUT2D eigenvalue weighted by Gasteiger charge is -2.20. The Kier molecular flexibility index (Phi) is 4.35. The van der Waals surface area contributed by atoms with E-state index in [1.54, 1.807) is 4.68 Å². The molecule has 4 heteroatoms. The van der Waals surface area contributed by atoms with Gasteiger partial charge in [0.15, 0.2) is 0 Å². The van der Waals surface area contributed by atoms with Crippen molar-refractivity contribution in [3.8, 4) is 0 Å². The van der Waals surface area contributed by atoms with Crippen LogP contribution in [0.2, 0.25) is 0 Å². The van der Waals surface area contributed by atoms with E-state index in [1.807, 2.05) is 37.5 Å². The Morgan fingerprint density at radius 1 is 1.25 bits per heavy atom. The van der Waals surface area contributed by atoms with Gasteiger partial charge in [0.1, 0.15) is 0 Å². The first-order valence-electron chi connectivity index (χ1n) is 6.74. The molecule has 0 aliphatic heterocycles. The SMILES string of the molecule is Cn1cc(C(O)Cc2ccc(Br)cc2)c(C(C)(C)C)n1. The second kappa shape index (κ2) is 5.70. The van der Waals surface area contributed by atoms with Crippen molar-refractivity contribution in [1.29, 1.82) is 0 Å². The van der Waals surface area contributed by atoms with E-state index < -0.39 is 6.10 Å². The molecule has 1 atom stereocenters. The van der Waals surface area contributed by atoms with Crippen molar-refractivity contribution in [2.75, 3.05) is 0 Å². The lowest BCUT2D eigenvalue weighted by atomic mass is 9.87. The summed E-state index contributed by atoms with van der Waals surface area (Å²) in [4.78, 5) is 0. The number of halogens is 1. The third kappa shape index (κ3) is 3.49. The fourth-order valence-corrected chi connectivity index (χ4v) is 2.55. The van der Waals surface area contributed by atoms with Crippen molar-refractivity contribution in [2.24, 2.45) is 7.05 Å². The van der Waals surface area contributed by atoms with Crippen LogP contribution in [0.4, 0.5) is 0 Å². The maximum Gasteiger partial charge on any atom is 0.0863 e. The normalized spacial score (nSPS) is 13.5. The van der Waals surface area contributed by atoms with Gasteiger partial charge in [0.2, 0.25) is 0 Å². The minimum absolute atomic E-state index is 0.0721. The summed E-state index contributed by atoms with van der Waals surface area (Å²) < 4.78 is 2.83. The van der Waals surface area contributed by atoms with Gasteiger partial charge in [-0.15, -0.1) is 0 Å². The van der Waals surface area contributed by atoms with Crippen molar-refractivity contribution in [2.45, 2.75) is 38.7 Å². The summed E-state index contributed by atoms with van der Waals surface area (Å²) in [5, 5.41) is 15.0. The highest BCUT2D eigenvalue weighted by atomic mass is 79.9. The van der Waals surface area contributed by atoms with Gasteiger partial charge in [0.25, 0.3) is 0 Å². The van der Waals surface area contributed by atoms with Crippen molar-refractivity contribution in [3.05, 3.63) is 51.8 Å². The van der Waals surface area contributed by atoms with Crippen LogP contribution < -0.4 is 0 Å². The zero-order chi connectivity index (χ0) is 14.9. The molecule has 2 rings (SSSR count). The summed E-state index contributed by atoms with van der Waals surface area (Å²) in [6.07, 6.45) is 1.99. The van der Waals surface area contributed by atoms with Crippen molar-refractivity contribution < 1.29 is 5.11 Å². The van der Waals surface area contributed by atoms with Crippen molar-refractivity contribution in [1.82, 2.24) is 9.78 Å². The van der Waals surface area contributed by atoms with Gasteiger partial charge >= 0.3 is 0 Å². The van der Waals surface area contributed by atoms with Gasteiger partial charge in [-0.1, -0.05) is 48.8 Å². The molecule has 0 bridgehead atoms. The minimum atomic E-state index is -0.529. The van der Waals surface area contributed by atoms with Crippen LogP contribution >= 0.6 is 15.9 Å². The number of aryl methyl sites for hydroxylation is 1. The van der Waals surface area contributed by atoms with E-state index in [1.165, 1.54) is 0 Å². The van der Waals surface area contributed by atoms with Crippen molar-refractivity contribution >= 4 is 15.9 Å². The van der Waals surface area contributed by atoms with Gasteiger partial charge in [-0.3, -0.25) is 4.68 Å². The van der Waals surface area contributed by atoms with E-state index >= 15 is 0 Å². The van der Waals surface area contributed by atoms with Crippen LogP contribution in [-0.4, -0.2) is 14.9 Å². The molecular formula is C16H21BrN2O. The summed E-state index contributed by atoms with van der Waals surface area (Å²) in [5.41, 5.74) is 2.93. The summed E-state index contributed by atoms with van der Waals surface area (Å²) in [6.45, 7) is 6.35. The summed E-state index contributed by atoms with van der Waals surface area (Å²) >= 11 is 3.42. The second-order valence-corrected chi connectivity index (χ2v) is 7.12. The highest BCUT2D eigenvalue weighted by Gasteiger charge is 2.25. The third-order valence-electron chi connectivity index (χ3n) is 3.27. The molecule has 0 spiro atoms. The molecular weight excluding hydrogens is 316 g/mol. The molecule has 1 aromatic heterocycles. The standard InChI is InChI=1S/C16H21BrN2O/c1-16(2,3)15-13(10-19(4)18-15)14(20)9-11-5-7-12(17)8-6-11/h5-8,10,14,20H,9H2,1-4H3. The van der Waals surface area contributed by atoms with Crippen LogP contribution in [0.1, 0.15) is 43.7 Å². The molecule has 3 nitrogen and oxygen atoms in total. The lowest BCUT2D eigenvalue weighted by Crippen LogP contribution is -2.17. The van der Waals surface area contributed by atoms with Crippen LogP contribution in [0.25, 0.3) is 0 Å². The molecule has 1 aromatic carbocycles. The van der Waals surface area contributed by atoms with Gasteiger partial charge in [0, 0.05) is 35.1 Å². The number of aromatic nitrogens is 2. The number of nitrogens with zero attached hydrogens (tertiary/aromatic N) is 2. The molecule has 0 aliphatic carbocycles. The van der Waals surface area contributed by atoms with E-state index in [2.05, 4.69) is 41.8 Å². The Labute approximate surface area is 128 Å². The first kappa shape index (κ1) is 15.3. The number of benzene rings is 1. The first-order chi connectivity index (χ1) is 9.27. The average Bonchev–Trinajstić information content (AvgIpc) is 2.74. The zero-order valence-electron chi connectivity index (χ0n) is 12.4. The quantitative estimate of drug-likeness (QED) is 0.926. The molecule has 108 valence electrons. The zero-order valence-corrected chi connectivity index (χ0v) is 14.0. The number of rotatable bonds is 3. The van der Waals surface area contributed by atoms with E-state index in [9.17, 15) is 5.11 Å². The van der Waals surface area contributed by atoms with E-state index in [0.29, 0.717) is 6.42 Å². The fourth-order valence-electron chi connectivity index (χ4n) is 2.29.